The maximum atomic E-state index is 5.36. The highest BCUT2D eigenvalue weighted by molar-refractivity contribution is 8.00. The first-order valence-electron chi connectivity index (χ1n) is 5.39. The van der Waals surface area contributed by atoms with E-state index in [0.29, 0.717) is 0 Å². The Bertz CT molecular complexity index is 126. The molecule has 2 saturated heterocycles. The molecule has 2 aliphatic heterocycles. The van der Waals surface area contributed by atoms with Crippen LogP contribution in [0.3, 0.4) is 0 Å². The highest BCUT2D eigenvalue weighted by Crippen LogP contribution is 2.30. The molecule has 3 heteroatoms. The zero-order valence-electron chi connectivity index (χ0n) is 8.13. The average molecular weight is 201 g/mol. The van der Waals surface area contributed by atoms with Crippen LogP contribution in [0.15, 0.2) is 0 Å². The Labute approximate surface area is 84.8 Å². The van der Waals surface area contributed by atoms with Gasteiger partial charge in [0.1, 0.15) is 0 Å². The van der Waals surface area contributed by atoms with Crippen LogP contribution in [0, 0.1) is 0 Å². The van der Waals surface area contributed by atoms with Crippen LogP contribution in [-0.2, 0) is 4.74 Å². The quantitative estimate of drug-likeness (QED) is 0.734. The Balaban J connectivity index is 1.69. The third-order valence-electron chi connectivity index (χ3n) is 2.84. The van der Waals surface area contributed by atoms with Crippen LogP contribution in [-0.4, -0.2) is 36.8 Å². The van der Waals surface area contributed by atoms with Crippen molar-refractivity contribution in [1.29, 1.82) is 0 Å². The van der Waals surface area contributed by atoms with Gasteiger partial charge in [-0.15, -0.1) is 0 Å². The molecule has 0 aromatic rings. The molecule has 0 bridgehead atoms. The van der Waals surface area contributed by atoms with Gasteiger partial charge >= 0.3 is 0 Å². The molecular weight excluding hydrogens is 182 g/mol. The molecule has 13 heavy (non-hydrogen) atoms. The van der Waals surface area contributed by atoms with E-state index in [1.54, 1.807) is 0 Å². The van der Waals surface area contributed by atoms with Crippen molar-refractivity contribution in [1.82, 2.24) is 5.32 Å². The minimum atomic E-state index is 0.886. The van der Waals surface area contributed by atoms with Crippen LogP contribution in [0.25, 0.3) is 0 Å². The largest absolute Gasteiger partial charge is 0.381 e. The van der Waals surface area contributed by atoms with Gasteiger partial charge in [-0.2, -0.15) is 11.8 Å². The van der Waals surface area contributed by atoms with Gasteiger partial charge in [-0.1, -0.05) is 0 Å². The standard InChI is InChI=1S/C10H19NOS/c1-5-11-6-2-9(1)13-10-3-7-12-8-4-10/h9-11H,1-8H2. The van der Waals surface area contributed by atoms with Gasteiger partial charge in [-0.25, -0.2) is 0 Å². The monoisotopic (exact) mass is 201 g/mol. The van der Waals surface area contributed by atoms with E-state index in [-0.39, 0.29) is 0 Å². The summed E-state index contributed by atoms with van der Waals surface area (Å²) in [6.45, 7) is 4.42. The summed E-state index contributed by atoms with van der Waals surface area (Å²) in [6.07, 6.45) is 5.27. The van der Waals surface area contributed by atoms with Crippen molar-refractivity contribution in [3.63, 3.8) is 0 Å². The molecule has 2 fully saturated rings. The van der Waals surface area contributed by atoms with Gasteiger partial charge in [0.2, 0.25) is 0 Å². The minimum Gasteiger partial charge on any atom is -0.381 e. The van der Waals surface area contributed by atoms with Crippen LogP contribution in [0.5, 0.6) is 0 Å². The predicted octanol–water partition coefficient (Wildman–Crippen LogP) is 1.65. The summed E-state index contributed by atoms with van der Waals surface area (Å²) in [5, 5.41) is 5.22. The van der Waals surface area contributed by atoms with Gasteiger partial charge in [0.15, 0.2) is 0 Å². The molecule has 2 nitrogen and oxygen atoms in total. The first kappa shape index (κ1) is 9.81. The van der Waals surface area contributed by atoms with Crippen molar-refractivity contribution < 1.29 is 4.74 Å². The molecule has 2 rings (SSSR count). The zero-order chi connectivity index (χ0) is 8.93. The number of hydrogen-bond donors (Lipinski definition) is 1. The summed E-state index contributed by atoms with van der Waals surface area (Å²) in [5.74, 6) is 0. The zero-order valence-corrected chi connectivity index (χ0v) is 8.94. The van der Waals surface area contributed by atoms with Crippen molar-refractivity contribution in [2.45, 2.75) is 36.2 Å². The Hall–Kier alpha value is 0.270. The van der Waals surface area contributed by atoms with Crippen LogP contribution in [0.1, 0.15) is 25.7 Å². The fourth-order valence-electron chi connectivity index (χ4n) is 2.02. The molecule has 76 valence electrons. The van der Waals surface area contributed by atoms with Gasteiger partial charge in [-0.05, 0) is 38.8 Å². The van der Waals surface area contributed by atoms with Gasteiger partial charge in [0.05, 0.1) is 0 Å². The van der Waals surface area contributed by atoms with Gasteiger partial charge in [0.25, 0.3) is 0 Å². The minimum absolute atomic E-state index is 0.886. The van der Waals surface area contributed by atoms with E-state index in [0.717, 1.165) is 23.7 Å². The summed E-state index contributed by atoms with van der Waals surface area (Å²) in [6, 6.07) is 0. The second-order valence-electron chi connectivity index (χ2n) is 3.90. The number of nitrogens with one attached hydrogen (secondary N) is 1. The third-order valence-corrected chi connectivity index (χ3v) is 4.55. The van der Waals surface area contributed by atoms with E-state index in [1.807, 2.05) is 0 Å². The number of hydrogen-bond acceptors (Lipinski definition) is 3. The van der Waals surface area contributed by atoms with E-state index in [1.165, 1.54) is 38.8 Å². The third kappa shape index (κ3) is 3.15. The van der Waals surface area contributed by atoms with Crippen molar-refractivity contribution in [2.75, 3.05) is 26.3 Å². The first-order chi connectivity index (χ1) is 6.45. The highest BCUT2D eigenvalue weighted by atomic mass is 32.2. The number of ether oxygens (including phenoxy) is 1. The first-order valence-corrected chi connectivity index (χ1v) is 6.33. The lowest BCUT2D eigenvalue weighted by atomic mass is 10.2. The second-order valence-corrected chi connectivity index (χ2v) is 5.50. The molecule has 0 spiro atoms. The Morgan fingerprint density at radius 1 is 0.923 bits per heavy atom. The smallest absolute Gasteiger partial charge is 0.0476 e. The molecule has 0 aliphatic carbocycles. The molecule has 0 aromatic heterocycles. The molecule has 0 saturated carbocycles. The maximum absolute atomic E-state index is 5.36. The fraction of sp³-hybridized carbons (Fsp3) is 1.00. The average Bonchev–Trinajstić information content (AvgIpc) is 2.21. The van der Waals surface area contributed by atoms with E-state index in [9.17, 15) is 0 Å². The number of rotatable bonds is 2. The maximum Gasteiger partial charge on any atom is 0.0476 e. The summed E-state index contributed by atoms with van der Waals surface area (Å²) in [4.78, 5) is 0. The Morgan fingerprint density at radius 3 is 2.23 bits per heavy atom. The van der Waals surface area contributed by atoms with Crippen molar-refractivity contribution >= 4 is 11.8 Å². The molecule has 0 radical (unpaired) electrons. The van der Waals surface area contributed by atoms with Gasteiger partial charge < -0.3 is 10.1 Å². The van der Waals surface area contributed by atoms with Crippen molar-refractivity contribution in [2.24, 2.45) is 0 Å². The van der Waals surface area contributed by atoms with Crippen LogP contribution in [0.4, 0.5) is 0 Å². The van der Waals surface area contributed by atoms with Gasteiger partial charge in [0, 0.05) is 23.7 Å². The van der Waals surface area contributed by atoms with Crippen molar-refractivity contribution in [3.8, 4) is 0 Å². The Morgan fingerprint density at radius 2 is 1.54 bits per heavy atom. The Kier molecular flexibility index (Phi) is 3.94. The summed E-state index contributed by atoms with van der Waals surface area (Å²) >= 11 is 2.22. The van der Waals surface area contributed by atoms with E-state index in [4.69, 9.17) is 4.74 Å². The number of thioether (sulfide) groups is 1. The normalized spacial score (nSPS) is 27.7. The second kappa shape index (κ2) is 5.23. The number of piperidine rings is 1. The predicted molar refractivity (Wildman–Crippen MR) is 57.3 cm³/mol. The molecule has 2 aliphatic rings. The van der Waals surface area contributed by atoms with Crippen LogP contribution >= 0.6 is 11.8 Å². The van der Waals surface area contributed by atoms with Crippen LogP contribution in [0.2, 0.25) is 0 Å². The molecule has 0 amide bonds. The topological polar surface area (TPSA) is 21.3 Å². The van der Waals surface area contributed by atoms with Gasteiger partial charge in [-0.3, -0.25) is 0 Å². The highest BCUT2D eigenvalue weighted by Gasteiger charge is 2.20. The molecule has 1 N–H and O–H groups in total. The van der Waals surface area contributed by atoms with Crippen LogP contribution < -0.4 is 5.32 Å². The lowest BCUT2D eigenvalue weighted by Crippen LogP contribution is -2.31. The molecular formula is C10H19NOS. The van der Waals surface area contributed by atoms with E-state index in [2.05, 4.69) is 17.1 Å². The summed E-state index contributed by atoms with van der Waals surface area (Å²) in [7, 11) is 0. The summed E-state index contributed by atoms with van der Waals surface area (Å²) in [5.41, 5.74) is 0. The molecule has 0 unspecified atom stereocenters. The lowest BCUT2D eigenvalue weighted by molar-refractivity contribution is 0.0999. The fourth-order valence-corrected chi connectivity index (χ4v) is 3.53. The van der Waals surface area contributed by atoms with E-state index < -0.39 is 0 Å². The SMILES string of the molecule is C1CC(SC2CCOCC2)CCN1. The van der Waals surface area contributed by atoms with E-state index >= 15 is 0 Å². The molecule has 2 heterocycles. The van der Waals surface area contributed by atoms with Crippen molar-refractivity contribution in [3.05, 3.63) is 0 Å². The molecule has 0 atom stereocenters. The summed E-state index contributed by atoms with van der Waals surface area (Å²) < 4.78 is 5.36. The molecule has 0 aromatic carbocycles. The lowest BCUT2D eigenvalue weighted by Gasteiger charge is -2.28.